The Balaban J connectivity index is 1.31. The normalized spacial score (nSPS) is 15.5. The summed E-state index contributed by atoms with van der Waals surface area (Å²) in [6.45, 7) is 1.59. The first-order valence-electron chi connectivity index (χ1n) is 11.2. The average Bonchev–Trinajstić information content (AvgIpc) is 3.19. The molecule has 0 radical (unpaired) electrons. The van der Waals surface area contributed by atoms with Crippen LogP contribution < -0.4 is 11.0 Å². The van der Waals surface area contributed by atoms with Crippen molar-refractivity contribution in [1.29, 1.82) is 0 Å². The number of imidazole rings is 1. The molecule has 2 heterocycles. The molecule has 168 valence electrons. The van der Waals surface area contributed by atoms with Gasteiger partial charge in [-0.1, -0.05) is 66.2 Å². The lowest BCUT2D eigenvalue weighted by molar-refractivity contribution is 0.264. The number of aromatic nitrogens is 2. The summed E-state index contributed by atoms with van der Waals surface area (Å²) in [5.41, 5.74) is 4.06. The molecule has 33 heavy (non-hydrogen) atoms. The van der Waals surface area contributed by atoms with Crippen molar-refractivity contribution in [1.82, 2.24) is 19.8 Å². The monoisotopic (exact) mass is 476 g/mol. The van der Waals surface area contributed by atoms with Gasteiger partial charge in [0.15, 0.2) is 5.11 Å². The highest BCUT2D eigenvalue weighted by atomic mass is 35.5. The van der Waals surface area contributed by atoms with Crippen LogP contribution in [0.5, 0.6) is 0 Å². The Morgan fingerprint density at radius 1 is 0.939 bits per heavy atom. The molecule has 5 nitrogen and oxygen atoms in total. The minimum absolute atomic E-state index is 0.0396. The van der Waals surface area contributed by atoms with E-state index < -0.39 is 0 Å². The maximum atomic E-state index is 12.6. The van der Waals surface area contributed by atoms with Gasteiger partial charge in [0.2, 0.25) is 0 Å². The van der Waals surface area contributed by atoms with Crippen molar-refractivity contribution in [3.63, 3.8) is 0 Å². The summed E-state index contributed by atoms with van der Waals surface area (Å²) in [7, 11) is 0. The second kappa shape index (κ2) is 9.41. The molecule has 0 bridgehead atoms. The number of likely N-dealkylation sites (tertiary alicyclic amines) is 1. The van der Waals surface area contributed by atoms with Crippen LogP contribution in [0.25, 0.3) is 11.0 Å². The molecule has 0 saturated carbocycles. The number of para-hydroxylation sites is 2. The van der Waals surface area contributed by atoms with Crippen LogP contribution in [0.2, 0.25) is 5.02 Å². The van der Waals surface area contributed by atoms with E-state index in [1.165, 1.54) is 0 Å². The van der Waals surface area contributed by atoms with Crippen molar-refractivity contribution in [2.45, 2.75) is 24.9 Å². The quantitative estimate of drug-likeness (QED) is 0.393. The van der Waals surface area contributed by atoms with E-state index in [-0.39, 0.29) is 17.8 Å². The van der Waals surface area contributed by atoms with E-state index in [2.05, 4.69) is 27.3 Å². The van der Waals surface area contributed by atoms with Crippen molar-refractivity contribution >= 4 is 40.0 Å². The smallest absolute Gasteiger partial charge is 0.326 e. The minimum atomic E-state index is -0.0649. The number of benzene rings is 3. The number of nitrogens with zero attached hydrogens (tertiary/aromatic N) is 2. The fraction of sp³-hybridized carbons (Fsp3) is 0.231. The fourth-order valence-electron chi connectivity index (χ4n) is 4.64. The second-order valence-corrected chi connectivity index (χ2v) is 9.20. The van der Waals surface area contributed by atoms with Crippen LogP contribution in [0.3, 0.4) is 0 Å². The Kier molecular flexibility index (Phi) is 6.20. The number of hydrogen-bond donors (Lipinski definition) is 2. The van der Waals surface area contributed by atoms with E-state index in [9.17, 15) is 4.79 Å². The first kappa shape index (κ1) is 21.7. The van der Waals surface area contributed by atoms with Crippen molar-refractivity contribution in [3.05, 3.63) is 105 Å². The summed E-state index contributed by atoms with van der Waals surface area (Å²) >= 11 is 11.9. The van der Waals surface area contributed by atoms with Gasteiger partial charge in [-0.15, -0.1) is 0 Å². The zero-order valence-corrected chi connectivity index (χ0v) is 19.6. The Labute approximate surface area is 203 Å². The summed E-state index contributed by atoms with van der Waals surface area (Å²) in [5.74, 6) is 0. The molecule has 1 saturated heterocycles. The second-order valence-electron chi connectivity index (χ2n) is 8.38. The molecule has 0 spiro atoms. The molecule has 1 atom stereocenters. The van der Waals surface area contributed by atoms with Crippen LogP contribution in [0, 0.1) is 0 Å². The van der Waals surface area contributed by atoms with E-state index in [1.54, 1.807) is 0 Å². The van der Waals surface area contributed by atoms with Crippen molar-refractivity contribution in [3.8, 4) is 0 Å². The lowest BCUT2D eigenvalue weighted by Crippen LogP contribution is -2.46. The lowest BCUT2D eigenvalue weighted by atomic mass is 9.99. The Morgan fingerprint density at radius 3 is 2.30 bits per heavy atom. The van der Waals surface area contributed by atoms with Crippen molar-refractivity contribution in [2.24, 2.45) is 0 Å². The molecule has 0 aliphatic carbocycles. The SMILES string of the molecule is O=c1[nH]c2ccccc2n1C1CCN(C(=S)NC(c2ccccc2)c2ccc(Cl)cc2)CC1. The van der Waals surface area contributed by atoms with Gasteiger partial charge in [-0.3, -0.25) is 4.57 Å². The average molecular weight is 477 g/mol. The zero-order valence-electron chi connectivity index (χ0n) is 18.1. The maximum absolute atomic E-state index is 12.6. The van der Waals surface area contributed by atoms with Gasteiger partial charge in [-0.2, -0.15) is 0 Å². The van der Waals surface area contributed by atoms with Crippen LogP contribution in [0.15, 0.2) is 83.7 Å². The number of aromatic amines is 1. The molecular formula is C26H25ClN4OS. The molecule has 1 aromatic heterocycles. The molecular weight excluding hydrogens is 452 g/mol. The first-order chi connectivity index (χ1) is 16.1. The fourth-order valence-corrected chi connectivity index (χ4v) is 5.06. The molecule has 7 heteroatoms. The molecule has 3 aromatic carbocycles. The topological polar surface area (TPSA) is 53.1 Å². The van der Waals surface area contributed by atoms with Crippen LogP contribution in [-0.2, 0) is 0 Å². The summed E-state index contributed by atoms with van der Waals surface area (Å²) in [5, 5.41) is 5.01. The number of fused-ring (bicyclic) bond motifs is 1. The van der Waals surface area contributed by atoms with Gasteiger partial charge in [0, 0.05) is 24.2 Å². The van der Waals surface area contributed by atoms with E-state index >= 15 is 0 Å². The Morgan fingerprint density at radius 2 is 1.58 bits per heavy atom. The molecule has 5 rings (SSSR count). The summed E-state index contributed by atoms with van der Waals surface area (Å²) in [6.07, 6.45) is 1.72. The Bertz CT molecular complexity index is 1310. The van der Waals surface area contributed by atoms with Crippen molar-refractivity contribution in [2.75, 3.05) is 13.1 Å². The predicted octanol–water partition coefficient (Wildman–Crippen LogP) is 5.28. The number of thiocarbonyl (C=S) groups is 1. The van der Waals surface area contributed by atoms with E-state index in [4.69, 9.17) is 23.8 Å². The standard InChI is InChI=1S/C26H25ClN4OS/c27-20-12-10-19(11-13-20)24(18-6-2-1-3-7-18)29-26(33)30-16-14-21(15-17-30)31-23-9-5-4-8-22(23)28-25(31)32/h1-13,21,24H,14-17H2,(H,28,32)(H,29,33). The predicted molar refractivity (Wildman–Crippen MR) is 138 cm³/mol. The van der Waals surface area contributed by atoms with Gasteiger partial charge in [-0.25, -0.2) is 4.79 Å². The molecule has 0 amide bonds. The first-order valence-corrected chi connectivity index (χ1v) is 11.9. The van der Waals surface area contributed by atoms with Gasteiger partial charge in [-0.05, 0) is 60.5 Å². The van der Waals surface area contributed by atoms with Gasteiger partial charge in [0.05, 0.1) is 17.1 Å². The number of nitrogens with one attached hydrogen (secondary N) is 2. The number of halogens is 1. The van der Waals surface area contributed by atoms with Crippen molar-refractivity contribution < 1.29 is 0 Å². The highest BCUT2D eigenvalue weighted by Crippen LogP contribution is 2.27. The van der Waals surface area contributed by atoms with Crippen LogP contribution in [-0.4, -0.2) is 32.7 Å². The number of piperidine rings is 1. The summed E-state index contributed by atoms with van der Waals surface area (Å²) < 4.78 is 1.91. The van der Waals surface area contributed by atoms with Crippen LogP contribution in [0.4, 0.5) is 0 Å². The number of hydrogen-bond acceptors (Lipinski definition) is 2. The minimum Gasteiger partial charge on any atom is -0.352 e. The van der Waals surface area contributed by atoms with Gasteiger partial charge >= 0.3 is 5.69 Å². The molecule has 1 unspecified atom stereocenters. The molecule has 2 N–H and O–H groups in total. The maximum Gasteiger partial charge on any atom is 0.326 e. The Hall–Kier alpha value is -3.09. The lowest BCUT2D eigenvalue weighted by Gasteiger charge is -2.35. The summed E-state index contributed by atoms with van der Waals surface area (Å²) in [6, 6.07) is 26.1. The third-order valence-electron chi connectivity index (χ3n) is 6.34. The molecule has 1 aliphatic heterocycles. The summed E-state index contributed by atoms with van der Waals surface area (Å²) in [4.78, 5) is 17.8. The third kappa shape index (κ3) is 4.54. The van der Waals surface area contributed by atoms with Gasteiger partial charge in [0.1, 0.15) is 0 Å². The highest BCUT2D eigenvalue weighted by Gasteiger charge is 2.26. The van der Waals surface area contributed by atoms with Gasteiger partial charge < -0.3 is 15.2 Å². The highest BCUT2D eigenvalue weighted by molar-refractivity contribution is 7.80. The van der Waals surface area contributed by atoms with Gasteiger partial charge in [0.25, 0.3) is 0 Å². The zero-order chi connectivity index (χ0) is 22.8. The van der Waals surface area contributed by atoms with Crippen LogP contribution >= 0.6 is 23.8 Å². The van der Waals surface area contributed by atoms with Crippen LogP contribution in [0.1, 0.15) is 36.1 Å². The molecule has 4 aromatic rings. The molecule has 1 aliphatic rings. The van der Waals surface area contributed by atoms with E-state index in [1.807, 2.05) is 71.3 Å². The number of rotatable bonds is 4. The van der Waals surface area contributed by atoms with E-state index in [0.29, 0.717) is 5.02 Å². The molecule has 1 fully saturated rings. The third-order valence-corrected chi connectivity index (χ3v) is 6.97. The van der Waals surface area contributed by atoms with E-state index in [0.717, 1.165) is 53.2 Å². The number of H-pyrrole nitrogens is 1. The largest absolute Gasteiger partial charge is 0.352 e.